The molecule has 8 heteroatoms. The Labute approximate surface area is 130 Å². The van der Waals surface area contributed by atoms with Crippen LogP contribution in [0.1, 0.15) is 16.8 Å². The van der Waals surface area contributed by atoms with Gasteiger partial charge in [-0.15, -0.1) is 0 Å². The van der Waals surface area contributed by atoms with E-state index in [-0.39, 0.29) is 12.7 Å². The Balaban J connectivity index is 2.16. The molecule has 0 radical (unpaired) electrons. The van der Waals surface area contributed by atoms with Crippen LogP contribution in [0.2, 0.25) is 0 Å². The van der Waals surface area contributed by atoms with Crippen molar-refractivity contribution in [1.82, 2.24) is 10.4 Å². The summed E-state index contributed by atoms with van der Waals surface area (Å²) in [6, 6.07) is 8.69. The number of fused-ring (bicyclic) bond motifs is 1. The van der Waals surface area contributed by atoms with Gasteiger partial charge >= 0.3 is 6.18 Å². The fourth-order valence-corrected chi connectivity index (χ4v) is 2.36. The summed E-state index contributed by atoms with van der Waals surface area (Å²) >= 11 is 0. The third-order valence-electron chi connectivity index (χ3n) is 3.47. The maximum absolute atomic E-state index is 13.0. The van der Waals surface area contributed by atoms with Crippen molar-refractivity contribution in [1.29, 1.82) is 0 Å². The molecule has 2 aromatic rings. The first-order valence-corrected chi connectivity index (χ1v) is 6.89. The molecule has 2 heterocycles. The predicted molar refractivity (Wildman–Crippen MR) is 80.9 cm³/mol. The highest BCUT2D eigenvalue weighted by atomic mass is 19.4. The minimum atomic E-state index is -4.43. The van der Waals surface area contributed by atoms with Gasteiger partial charge in [-0.1, -0.05) is 6.07 Å². The molecule has 0 fully saturated rings. The summed E-state index contributed by atoms with van der Waals surface area (Å²) < 4.78 is 39.1. The van der Waals surface area contributed by atoms with Gasteiger partial charge in [0.05, 0.1) is 23.5 Å². The summed E-state index contributed by atoms with van der Waals surface area (Å²) in [5.74, 6) is 5.44. The van der Waals surface area contributed by atoms with Gasteiger partial charge in [0, 0.05) is 17.4 Å². The van der Waals surface area contributed by atoms with E-state index in [1.54, 1.807) is 24.4 Å². The molecule has 5 nitrogen and oxygen atoms in total. The Hall–Kier alpha value is -2.45. The molecule has 1 aliphatic rings. The summed E-state index contributed by atoms with van der Waals surface area (Å²) in [5.41, 5.74) is 3.57. The first-order valence-electron chi connectivity index (χ1n) is 6.89. The van der Waals surface area contributed by atoms with Crippen LogP contribution in [0.15, 0.2) is 47.6 Å². The van der Waals surface area contributed by atoms with Gasteiger partial charge < -0.3 is 5.32 Å². The predicted octanol–water partition coefficient (Wildman–Crippen LogP) is 2.15. The molecule has 0 amide bonds. The Morgan fingerprint density at radius 3 is 2.70 bits per heavy atom. The highest BCUT2D eigenvalue weighted by Gasteiger charge is 2.32. The van der Waals surface area contributed by atoms with Gasteiger partial charge in [-0.05, 0) is 30.3 Å². The van der Waals surface area contributed by atoms with Crippen LogP contribution < -0.4 is 16.6 Å². The van der Waals surface area contributed by atoms with Crippen LogP contribution in [-0.4, -0.2) is 23.4 Å². The van der Waals surface area contributed by atoms with E-state index in [0.29, 0.717) is 22.7 Å². The number of hydrogen-bond donors (Lipinski definition) is 3. The number of rotatable bonds is 2. The van der Waals surface area contributed by atoms with Crippen molar-refractivity contribution < 1.29 is 13.2 Å². The Morgan fingerprint density at radius 1 is 1.22 bits per heavy atom. The number of nitrogens with two attached hydrogens (primary N) is 1. The molecular formula is C15H14F3N5. The zero-order valence-electron chi connectivity index (χ0n) is 11.9. The fourth-order valence-electron chi connectivity index (χ4n) is 2.36. The van der Waals surface area contributed by atoms with E-state index in [0.717, 1.165) is 12.1 Å². The van der Waals surface area contributed by atoms with Crippen LogP contribution in [0, 0.1) is 0 Å². The zero-order chi connectivity index (χ0) is 16.4. The van der Waals surface area contributed by atoms with Crippen LogP contribution in [0.3, 0.4) is 0 Å². The summed E-state index contributed by atoms with van der Waals surface area (Å²) in [5, 5.41) is 3.04. The molecule has 0 aliphatic carbocycles. The van der Waals surface area contributed by atoms with Gasteiger partial charge in [-0.2, -0.15) is 13.2 Å². The molecule has 23 heavy (non-hydrogen) atoms. The van der Waals surface area contributed by atoms with E-state index in [1.165, 1.54) is 6.07 Å². The van der Waals surface area contributed by atoms with Crippen LogP contribution in [0.5, 0.6) is 0 Å². The van der Waals surface area contributed by atoms with Crippen molar-refractivity contribution in [2.45, 2.75) is 12.3 Å². The topological polar surface area (TPSA) is 75.3 Å². The van der Waals surface area contributed by atoms with Crippen LogP contribution in [0.25, 0.3) is 0 Å². The van der Waals surface area contributed by atoms with Gasteiger partial charge in [0.25, 0.3) is 0 Å². The number of nitrogens with zero attached hydrogens (tertiary/aromatic N) is 2. The maximum atomic E-state index is 13.0. The van der Waals surface area contributed by atoms with Gasteiger partial charge in [0.2, 0.25) is 0 Å². The number of hydrogen-bond acceptors (Lipinski definition) is 5. The second-order valence-corrected chi connectivity index (χ2v) is 5.03. The Morgan fingerprint density at radius 2 is 2.04 bits per heavy atom. The van der Waals surface area contributed by atoms with E-state index in [2.05, 4.69) is 20.7 Å². The monoisotopic (exact) mass is 321 g/mol. The van der Waals surface area contributed by atoms with Crippen molar-refractivity contribution in [2.24, 2.45) is 10.8 Å². The van der Waals surface area contributed by atoms with Crippen molar-refractivity contribution >= 4 is 11.4 Å². The number of alkyl halides is 3. The second-order valence-electron chi connectivity index (χ2n) is 5.03. The molecule has 4 N–H and O–H groups in total. The third kappa shape index (κ3) is 3.17. The molecule has 1 aromatic carbocycles. The van der Waals surface area contributed by atoms with Crippen molar-refractivity contribution in [3.63, 3.8) is 0 Å². The number of aliphatic imine (C=N–C) groups is 1. The quantitative estimate of drug-likeness (QED) is 0.585. The third-order valence-corrected chi connectivity index (χ3v) is 3.47. The smallest absolute Gasteiger partial charge is 0.367 e. The maximum Gasteiger partial charge on any atom is 0.416 e. The average molecular weight is 321 g/mol. The van der Waals surface area contributed by atoms with Crippen LogP contribution >= 0.6 is 0 Å². The first kappa shape index (κ1) is 15.4. The summed E-state index contributed by atoms with van der Waals surface area (Å²) in [6.07, 6.45) is -3.24. The molecule has 1 aromatic heterocycles. The van der Waals surface area contributed by atoms with Gasteiger partial charge in [-0.25, -0.2) is 5.43 Å². The molecule has 0 saturated heterocycles. The average Bonchev–Trinajstić information content (AvgIpc) is 2.73. The number of benzene rings is 1. The SMILES string of the molecule is NNC1CN=C(c2ccccn2)c2cc(C(F)(F)F)ccc2N1. The van der Waals surface area contributed by atoms with Crippen LogP contribution in [0.4, 0.5) is 18.9 Å². The molecule has 120 valence electrons. The normalized spacial score (nSPS) is 17.7. The lowest BCUT2D eigenvalue weighted by atomic mass is 10.0. The lowest BCUT2D eigenvalue weighted by molar-refractivity contribution is -0.137. The largest absolute Gasteiger partial charge is 0.416 e. The van der Waals surface area contributed by atoms with Crippen molar-refractivity contribution in [2.75, 3.05) is 11.9 Å². The molecule has 1 atom stereocenters. The van der Waals surface area contributed by atoms with E-state index >= 15 is 0 Å². The number of anilines is 1. The highest BCUT2D eigenvalue weighted by molar-refractivity contribution is 6.15. The molecule has 0 spiro atoms. The van der Waals surface area contributed by atoms with E-state index in [1.807, 2.05) is 0 Å². The minimum Gasteiger partial charge on any atom is -0.367 e. The van der Waals surface area contributed by atoms with Gasteiger partial charge in [0.15, 0.2) is 0 Å². The highest BCUT2D eigenvalue weighted by Crippen LogP contribution is 2.33. The number of nitrogens with one attached hydrogen (secondary N) is 2. The number of benzodiazepines with no additional fused rings is 1. The standard InChI is InChI=1S/C15H14F3N5/c16-15(17,18)9-4-5-11-10(7-9)14(12-3-1-2-6-20-12)21-8-13(22-11)23-19/h1-7,13,22-23H,8,19H2. The molecule has 3 rings (SSSR count). The molecule has 0 bridgehead atoms. The molecular weight excluding hydrogens is 307 g/mol. The number of pyridine rings is 1. The molecule has 0 saturated carbocycles. The zero-order valence-corrected chi connectivity index (χ0v) is 11.9. The molecule has 1 unspecified atom stereocenters. The van der Waals surface area contributed by atoms with Crippen molar-refractivity contribution in [3.05, 3.63) is 59.4 Å². The summed E-state index contributed by atoms with van der Waals surface area (Å²) in [6.45, 7) is 0.262. The Bertz CT molecular complexity index is 728. The van der Waals surface area contributed by atoms with E-state index in [4.69, 9.17) is 5.84 Å². The van der Waals surface area contributed by atoms with E-state index < -0.39 is 11.7 Å². The fraction of sp³-hybridized carbons (Fsp3) is 0.200. The lowest BCUT2D eigenvalue weighted by Crippen LogP contribution is -2.42. The van der Waals surface area contributed by atoms with Gasteiger partial charge in [-0.3, -0.25) is 15.8 Å². The second kappa shape index (κ2) is 5.98. The van der Waals surface area contributed by atoms with E-state index in [9.17, 15) is 13.2 Å². The Kier molecular flexibility index (Phi) is 4.01. The van der Waals surface area contributed by atoms with Gasteiger partial charge in [0.1, 0.15) is 6.17 Å². The molecule has 1 aliphatic heterocycles. The summed E-state index contributed by atoms with van der Waals surface area (Å²) in [7, 11) is 0. The number of aromatic nitrogens is 1. The first-order chi connectivity index (χ1) is 11.0. The summed E-state index contributed by atoms with van der Waals surface area (Å²) in [4.78, 5) is 8.59. The number of halogens is 3. The van der Waals surface area contributed by atoms with Crippen LogP contribution in [-0.2, 0) is 6.18 Å². The number of hydrazine groups is 1. The minimum absolute atomic E-state index is 0.262. The lowest BCUT2D eigenvalue weighted by Gasteiger charge is -2.17. The van der Waals surface area contributed by atoms with Crippen molar-refractivity contribution in [3.8, 4) is 0 Å².